The molecule has 1 amide bonds. The molecule has 0 aliphatic heterocycles. The highest BCUT2D eigenvalue weighted by Gasteiger charge is 2.28. The number of allylic oxidation sites excluding steroid dienone is 2. The van der Waals surface area contributed by atoms with Crippen LogP contribution in [0, 0.1) is 0 Å². The van der Waals surface area contributed by atoms with Gasteiger partial charge in [-0.15, -0.1) is 0 Å². The molecule has 0 spiro atoms. The predicted octanol–water partition coefficient (Wildman–Crippen LogP) is 12.2. The fourth-order valence-corrected chi connectivity index (χ4v) is 7.29. The Hall–Kier alpha value is -0.950. The zero-order valence-electron chi connectivity index (χ0n) is 34.8. The average molecular weight is 738 g/mol. The Balaban J connectivity index is 3.71. The maximum Gasteiger partial charge on any atom is 0.249 e. The van der Waals surface area contributed by atoms with Gasteiger partial charge in [-0.3, -0.25) is 4.79 Å². The van der Waals surface area contributed by atoms with E-state index in [1.54, 1.807) is 0 Å². The second-order valence-corrected chi connectivity index (χ2v) is 16.1. The Bertz CT molecular complexity index is 746. The first-order valence-corrected chi connectivity index (χ1v) is 23.1. The van der Waals surface area contributed by atoms with E-state index in [4.69, 9.17) is 0 Å². The molecule has 6 nitrogen and oxygen atoms in total. The lowest BCUT2D eigenvalue weighted by Crippen LogP contribution is -2.53. The van der Waals surface area contributed by atoms with Gasteiger partial charge in [0.25, 0.3) is 0 Å². The Morgan fingerprint density at radius 3 is 1.15 bits per heavy atom. The summed E-state index contributed by atoms with van der Waals surface area (Å²) in [5, 5.41) is 43.7. The average Bonchev–Trinajstić information content (AvgIpc) is 3.15. The normalized spacial score (nSPS) is 14.2. The van der Waals surface area contributed by atoms with Crippen LogP contribution >= 0.6 is 0 Å². The van der Waals surface area contributed by atoms with Crippen molar-refractivity contribution in [1.82, 2.24) is 5.32 Å². The molecule has 0 aromatic rings. The number of unbranched alkanes of at least 4 members (excludes halogenated alkanes) is 31. The molecule has 0 saturated heterocycles. The minimum atomic E-state index is -1.28. The molecule has 0 fully saturated rings. The van der Waals surface area contributed by atoms with Gasteiger partial charge in [0.05, 0.1) is 18.8 Å². The molecule has 4 unspecified atom stereocenters. The van der Waals surface area contributed by atoms with Crippen LogP contribution in [0.2, 0.25) is 0 Å². The van der Waals surface area contributed by atoms with Gasteiger partial charge < -0.3 is 25.7 Å². The largest absolute Gasteiger partial charge is 0.394 e. The van der Waals surface area contributed by atoms with Crippen molar-refractivity contribution in [3.8, 4) is 0 Å². The molecule has 0 rings (SSSR count). The van der Waals surface area contributed by atoms with E-state index in [1.807, 2.05) is 0 Å². The van der Waals surface area contributed by atoms with Gasteiger partial charge >= 0.3 is 0 Å². The highest BCUT2D eigenvalue weighted by molar-refractivity contribution is 5.80. The Kier molecular flexibility index (Phi) is 40.5. The van der Waals surface area contributed by atoms with Gasteiger partial charge in [-0.25, -0.2) is 0 Å². The van der Waals surface area contributed by atoms with Crippen molar-refractivity contribution in [2.24, 2.45) is 0 Å². The van der Waals surface area contributed by atoms with Crippen molar-refractivity contribution < 1.29 is 25.2 Å². The molecule has 0 aliphatic rings. The molecule has 0 heterocycles. The van der Waals surface area contributed by atoms with Crippen molar-refractivity contribution >= 4 is 5.91 Å². The third-order valence-electron chi connectivity index (χ3n) is 11.0. The Morgan fingerprint density at radius 1 is 0.462 bits per heavy atom. The van der Waals surface area contributed by atoms with E-state index in [2.05, 4.69) is 31.3 Å². The number of rotatable bonds is 42. The summed E-state index contributed by atoms with van der Waals surface area (Å²) in [5.74, 6) is -0.590. The summed E-state index contributed by atoms with van der Waals surface area (Å²) >= 11 is 0. The molecule has 5 N–H and O–H groups in total. The van der Waals surface area contributed by atoms with Crippen LogP contribution in [0.15, 0.2) is 12.2 Å². The summed E-state index contributed by atoms with van der Waals surface area (Å²) in [6, 6.07) is -0.997. The maximum absolute atomic E-state index is 12.5. The lowest BCUT2D eigenvalue weighted by atomic mass is 10.00. The van der Waals surface area contributed by atoms with E-state index in [0.717, 1.165) is 38.5 Å². The lowest BCUT2D eigenvalue weighted by Gasteiger charge is -2.27. The highest BCUT2D eigenvalue weighted by atomic mass is 16.3. The molecule has 6 heteroatoms. The van der Waals surface area contributed by atoms with Crippen LogP contribution in [0.3, 0.4) is 0 Å². The molecule has 310 valence electrons. The number of hydrogen-bond acceptors (Lipinski definition) is 5. The molecule has 0 bridgehead atoms. The first-order valence-electron chi connectivity index (χ1n) is 23.1. The predicted molar refractivity (Wildman–Crippen MR) is 224 cm³/mol. The summed E-state index contributed by atoms with van der Waals surface area (Å²) in [6.45, 7) is 4.05. The van der Waals surface area contributed by atoms with Crippen LogP contribution in [0.5, 0.6) is 0 Å². The van der Waals surface area contributed by atoms with Gasteiger partial charge in [0.2, 0.25) is 5.91 Å². The molecular weight excluding hydrogens is 647 g/mol. The first-order chi connectivity index (χ1) is 25.5. The molecule has 0 aromatic heterocycles. The van der Waals surface area contributed by atoms with Gasteiger partial charge in [0, 0.05) is 0 Å². The Labute approximate surface area is 323 Å². The van der Waals surface area contributed by atoms with E-state index in [-0.39, 0.29) is 0 Å². The van der Waals surface area contributed by atoms with Crippen molar-refractivity contribution in [2.75, 3.05) is 6.61 Å². The van der Waals surface area contributed by atoms with E-state index >= 15 is 0 Å². The molecule has 0 aliphatic carbocycles. The van der Waals surface area contributed by atoms with Gasteiger partial charge in [0.15, 0.2) is 0 Å². The third kappa shape index (κ3) is 34.8. The standard InChI is InChI=1S/C46H91NO5/c1-3-5-7-9-11-13-15-17-19-20-21-22-23-24-25-26-28-29-31-33-35-37-39-43(49)45(51)42(41-48)47-46(52)44(50)40-38-36-34-32-30-27-18-16-14-12-10-8-6-4-2/h31,33,42-45,48-51H,3-30,32,34-41H2,1-2H3,(H,47,52)/b33-31+. The minimum Gasteiger partial charge on any atom is -0.394 e. The van der Waals surface area contributed by atoms with Crippen molar-refractivity contribution in [3.63, 3.8) is 0 Å². The van der Waals surface area contributed by atoms with E-state index < -0.39 is 36.9 Å². The minimum absolute atomic E-state index is 0.368. The van der Waals surface area contributed by atoms with Gasteiger partial charge in [0.1, 0.15) is 12.2 Å². The van der Waals surface area contributed by atoms with Crippen LogP contribution in [-0.4, -0.2) is 57.3 Å². The van der Waals surface area contributed by atoms with Crippen LogP contribution in [-0.2, 0) is 4.79 Å². The number of nitrogens with one attached hydrogen (secondary N) is 1. The van der Waals surface area contributed by atoms with Crippen LogP contribution in [0.25, 0.3) is 0 Å². The second kappa shape index (κ2) is 41.2. The highest BCUT2D eigenvalue weighted by Crippen LogP contribution is 2.16. The molecular formula is C46H91NO5. The quantitative estimate of drug-likeness (QED) is 0.0316. The molecule has 0 radical (unpaired) electrons. The van der Waals surface area contributed by atoms with Crippen molar-refractivity contribution in [1.29, 1.82) is 0 Å². The van der Waals surface area contributed by atoms with E-state index in [9.17, 15) is 25.2 Å². The molecule has 0 saturated carbocycles. The molecule has 4 atom stereocenters. The smallest absolute Gasteiger partial charge is 0.249 e. The summed E-state index contributed by atoms with van der Waals surface area (Å²) in [5.41, 5.74) is 0. The zero-order valence-corrected chi connectivity index (χ0v) is 34.8. The summed E-state index contributed by atoms with van der Waals surface area (Å²) < 4.78 is 0. The van der Waals surface area contributed by atoms with Crippen LogP contribution in [0.4, 0.5) is 0 Å². The fourth-order valence-electron chi connectivity index (χ4n) is 7.29. The number of aliphatic hydroxyl groups is 4. The van der Waals surface area contributed by atoms with E-state index in [0.29, 0.717) is 12.8 Å². The van der Waals surface area contributed by atoms with Gasteiger partial charge in [-0.1, -0.05) is 219 Å². The number of carbonyl (C=O) groups is 1. The monoisotopic (exact) mass is 738 g/mol. The number of hydrogen-bond donors (Lipinski definition) is 5. The van der Waals surface area contributed by atoms with E-state index in [1.165, 1.54) is 180 Å². The Morgan fingerprint density at radius 2 is 0.788 bits per heavy atom. The lowest BCUT2D eigenvalue weighted by molar-refractivity contribution is -0.132. The third-order valence-corrected chi connectivity index (χ3v) is 11.0. The number of aliphatic hydroxyl groups excluding tert-OH is 4. The molecule has 0 aromatic carbocycles. The van der Waals surface area contributed by atoms with Crippen LogP contribution in [0.1, 0.15) is 245 Å². The summed E-state index contributed by atoms with van der Waals surface area (Å²) in [4.78, 5) is 12.5. The zero-order chi connectivity index (χ0) is 38.2. The first kappa shape index (κ1) is 51.0. The summed E-state index contributed by atoms with van der Waals surface area (Å²) in [7, 11) is 0. The maximum atomic E-state index is 12.5. The summed E-state index contributed by atoms with van der Waals surface area (Å²) in [6.07, 6.45) is 45.4. The van der Waals surface area contributed by atoms with Crippen LogP contribution < -0.4 is 5.32 Å². The number of amides is 1. The van der Waals surface area contributed by atoms with Crippen molar-refractivity contribution in [3.05, 3.63) is 12.2 Å². The second-order valence-electron chi connectivity index (χ2n) is 16.1. The van der Waals surface area contributed by atoms with Gasteiger partial charge in [-0.05, 0) is 38.5 Å². The number of carbonyl (C=O) groups excluding carboxylic acids is 1. The SMILES string of the molecule is CCCCCCCCCCCCCCCCCCC/C=C/CCCC(O)C(O)C(CO)NC(=O)C(O)CCCCCCCCCCCCCCCC. The fraction of sp³-hybridized carbons (Fsp3) is 0.935. The van der Waals surface area contributed by atoms with Gasteiger partial charge in [-0.2, -0.15) is 0 Å². The molecule has 52 heavy (non-hydrogen) atoms. The topological polar surface area (TPSA) is 110 Å². The van der Waals surface area contributed by atoms with Crippen molar-refractivity contribution in [2.45, 2.75) is 269 Å².